The van der Waals surface area contributed by atoms with Crippen LogP contribution >= 0.6 is 0 Å². The molecule has 8 N–H and O–H groups in total. The fourth-order valence-electron chi connectivity index (χ4n) is 3.30. The molecule has 0 aliphatic rings. The van der Waals surface area contributed by atoms with Crippen molar-refractivity contribution in [2.75, 3.05) is 0 Å². The molecule has 212 valence electrons. The molecule has 0 fully saturated rings. The lowest BCUT2D eigenvalue weighted by Crippen LogP contribution is -2.58. The molecular weight excluding hydrogens is 484 g/mol. The van der Waals surface area contributed by atoms with Crippen LogP contribution in [0, 0.1) is 0 Å². The third-order valence-electron chi connectivity index (χ3n) is 5.96. The van der Waals surface area contributed by atoms with Gasteiger partial charge in [-0.3, -0.25) is 24.0 Å². The van der Waals surface area contributed by atoms with Crippen LogP contribution in [0.1, 0.15) is 80.1 Å². The Kier molecular flexibility index (Phi) is 15.8. The van der Waals surface area contributed by atoms with Crippen LogP contribution in [0.3, 0.4) is 0 Å². The van der Waals surface area contributed by atoms with Crippen LogP contribution < -0.4 is 32.3 Å². The summed E-state index contributed by atoms with van der Waals surface area (Å²) in [5.74, 6) is -4.05. The molecule has 0 heterocycles. The van der Waals surface area contributed by atoms with Crippen LogP contribution in [0.2, 0.25) is 0 Å². The van der Waals surface area contributed by atoms with E-state index in [0.717, 1.165) is 0 Å². The van der Waals surface area contributed by atoms with Crippen molar-refractivity contribution in [1.29, 1.82) is 0 Å². The molecule has 0 saturated heterocycles. The number of hydrogen-bond acceptors (Lipinski definition) is 7. The number of aliphatic carboxylic acids is 1. The lowest BCUT2D eigenvalue weighted by atomic mass is 10.1. The van der Waals surface area contributed by atoms with Gasteiger partial charge in [0.2, 0.25) is 29.5 Å². The number of nitrogens with two attached hydrogens (primary N) is 1. The van der Waals surface area contributed by atoms with E-state index in [1.165, 1.54) is 0 Å². The summed E-state index contributed by atoms with van der Waals surface area (Å²) in [5.41, 5.74) is 5.70. The minimum absolute atomic E-state index is 0.178. The largest absolute Gasteiger partial charge is 0.480 e. The summed E-state index contributed by atoms with van der Waals surface area (Å²) in [6, 6.07) is -5.65. The van der Waals surface area contributed by atoms with E-state index in [2.05, 4.69) is 26.6 Å². The first-order valence-corrected chi connectivity index (χ1v) is 12.9. The van der Waals surface area contributed by atoms with Crippen molar-refractivity contribution < 1.29 is 33.9 Å². The van der Waals surface area contributed by atoms with E-state index >= 15 is 0 Å². The number of nitrogens with one attached hydrogen (secondary N) is 5. The van der Waals surface area contributed by atoms with Crippen LogP contribution in [-0.4, -0.2) is 76.9 Å². The van der Waals surface area contributed by atoms with Crippen LogP contribution in [0.25, 0.3) is 0 Å². The zero-order valence-electron chi connectivity index (χ0n) is 22.7. The Morgan fingerprint density at radius 1 is 0.486 bits per heavy atom. The first-order chi connectivity index (χ1) is 17.4. The number of carbonyl (C=O) groups excluding carboxylic acids is 5. The zero-order chi connectivity index (χ0) is 28.7. The van der Waals surface area contributed by atoms with Gasteiger partial charge in [0.25, 0.3) is 0 Å². The van der Waals surface area contributed by atoms with Crippen molar-refractivity contribution in [2.24, 2.45) is 5.73 Å². The van der Waals surface area contributed by atoms with E-state index < -0.39 is 71.8 Å². The van der Waals surface area contributed by atoms with E-state index in [9.17, 15) is 28.8 Å². The average molecular weight is 529 g/mol. The topological polar surface area (TPSA) is 209 Å². The molecule has 0 aromatic rings. The number of carbonyl (C=O) groups is 6. The molecule has 13 nitrogen and oxygen atoms in total. The summed E-state index contributed by atoms with van der Waals surface area (Å²) in [7, 11) is 0. The van der Waals surface area contributed by atoms with Gasteiger partial charge in [0.1, 0.15) is 30.2 Å². The second-order valence-electron chi connectivity index (χ2n) is 8.70. The molecule has 0 spiro atoms. The van der Waals surface area contributed by atoms with Crippen molar-refractivity contribution >= 4 is 35.5 Å². The van der Waals surface area contributed by atoms with Crippen LogP contribution in [-0.2, 0) is 28.8 Å². The summed E-state index contributed by atoms with van der Waals surface area (Å²) in [6.45, 7) is 10.1. The SMILES string of the molecule is CC[C@H](NC(=O)[C@H](CC)NC(=O)[C@H](CC)NC(=O)[C@H](CC)NC(=O)[C@H](CC)NC(=O)[C@@H](N)CC)C(=O)O. The summed E-state index contributed by atoms with van der Waals surface area (Å²) in [5, 5.41) is 21.8. The molecule has 5 amide bonds. The van der Waals surface area contributed by atoms with Crippen LogP contribution in [0.15, 0.2) is 0 Å². The highest BCUT2D eigenvalue weighted by Crippen LogP contribution is 2.02. The van der Waals surface area contributed by atoms with Gasteiger partial charge in [-0.05, 0) is 38.5 Å². The summed E-state index contributed by atoms with van der Waals surface area (Å²) >= 11 is 0. The molecule has 0 aromatic carbocycles. The maximum Gasteiger partial charge on any atom is 0.326 e. The maximum atomic E-state index is 12.9. The predicted octanol–water partition coefficient (Wildman–Crippen LogP) is -0.718. The highest BCUT2D eigenvalue weighted by molar-refractivity contribution is 5.96. The Morgan fingerprint density at radius 2 is 0.730 bits per heavy atom. The summed E-state index contributed by atoms with van der Waals surface area (Å²) < 4.78 is 0. The minimum atomic E-state index is -1.18. The van der Waals surface area contributed by atoms with Crippen molar-refractivity contribution in [2.45, 2.75) is 116 Å². The molecule has 37 heavy (non-hydrogen) atoms. The van der Waals surface area contributed by atoms with Crippen molar-refractivity contribution in [1.82, 2.24) is 26.6 Å². The van der Waals surface area contributed by atoms with Gasteiger partial charge < -0.3 is 37.4 Å². The first kappa shape index (κ1) is 33.8. The average Bonchev–Trinajstić information content (AvgIpc) is 2.88. The minimum Gasteiger partial charge on any atom is -0.480 e. The normalized spacial score (nSPS) is 15.6. The van der Waals surface area contributed by atoms with Gasteiger partial charge in [0.05, 0.1) is 6.04 Å². The lowest BCUT2D eigenvalue weighted by molar-refractivity contribution is -0.142. The molecule has 0 aromatic heterocycles. The monoisotopic (exact) mass is 528 g/mol. The Labute approximate surface area is 218 Å². The highest BCUT2D eigenvalue weighted by Gasteiger charge is 2.30. The third kappa shape index (κ3) is 11.1. The molecule has 0 bridgehead atoms. The number of amides is 5. The van der Waals surface area contributed by atoms with Crippen LogP contribution in [0.4, 0.5) is 0 Å². The van der Waals surface area contributed by atoms with Gasteiger partial charge in [0.15, 0.2) is 0 Å². The second-order valence-corrected chi connectivity index (χ2v) is 8.70. The van der Waals surface area contributed by atoms with Crippen LogP contribution in [0.5, 0.6) is 0 Å². The van der Waals surface area contributed by atoms with Gasteiger partial charge in [-0.25, -0.2) is 4.79 Å². The Hall–Kier alpha value is -3.22. The van der Waals surface area contributed by atoms with E-state index in [1.54, 1.807) is 41.5 Å². The molecule has 0 aliphatic heterocycles. The Bertz CT molecular complexity index is 806. The van der Waals surface area contributed by atoms with Gasteiger partial charge >= 0.3 is 5.97 Å². The molecule has 0 saturated carbocycles. The maximum absolute atomic E-state index is 12.9. The van der Waals surface area contributed by atoms with Gasteiger partial charge in [-0.15, -0.1) is 0 Å². The number of carboxylic acid groups (broad SMARTS) is 1. The van der Waals surface area contributed by atoms with E-state index in [-0.39, 0.29) is 32.1 Å². The van der Waals surface area contributed by atoms with E-state index in [0.29, 0.717) is 6.42 Å². The standard InChI is InChI=1S/C24H44N6O7/c1-7-13(25)19(31)26-14(8-2)20(32)27-15(9-3)21(33)28-16(10-4)22(34)29-17(11-5)23(35)30-18(12-6)24(36)37/h13-18H,7-12,25H2,1-6H3,(H,26,31)(H,27,32)(H,28,33)(H,29,34)(H,30,35)(H,36,37)/t13-,14-,15-,16-,17-,18-/m0/s1. The third-order valence-corrected chi connectivity index (χ3v) is 5.96. The van der Waals surface area contributed by atoms with Crippen molar-refractivity contribution in [3.63, 3.8) is 0 Å². The molecule has 13 heteroatoms. The van der Waals surface area contributed by atoms with E-state index in [4.69, 9.17) is 10.8 Å². The molecule has 0 aliphatic carbocycles. The molecule has 0 unspecified atom stereocenters. The molecule has 0 radical (unpaired) electrons. The van der Waals surface area contributed by atoms with Gasteiger partial charge in [0, 0.05) is 0 Å². The quantitative estimate of drug-likeness (QED) is 0.128. The van der Waals surface area contributed by atoms with E-state index in [1.807, 2.05) is 0 Å². The molecular formula is C24H44N6O7. The Balaban J connectivity index is 5.23. The van der Waals surface area contributed by atoms with Crippen molar-refractivity contribution in [3.05, 3.63) is 0 Å². The summed E-state index contributed by atoms with van der Waals surface area (Å²) in [4.78, 5) is 74.1. The summed E-state index contributed by atoms with van der Waals surface area (Å²) in [6.07, 6.45) is 1.50. The van der Waals surface area contributed by atoms with Crippen molar-refractivity contribution in [3.8, 4) is 0 Å². The Morgan fingerprint density at radius 3 is 0.946 bits per heavy atom. The predicted molar refractivity (Wildman–Crippen MR) is 137 cm³/mol. The zero-order valence-corrected chi connectivity index (χ0v) is 22.7. The first-order valence-electron chi connectivity index (χ1n) is 12.9. The van der Waals surface area contributed by atoms with Gasteiger partial charge in [-0.2, -0.15) is 0 Å². The lowest BCUT2D eigenvalue weighted by Gasteiger charge is -2.25. The fraction of sp³-hybridized carbons (Fsp3) is 0.750. The van der Waals surface area contributed by atoms with Gasteiger partial charge in [-0.1, -0.05) is 41.5 Å². The smallest absolute Gasteiger partial charge is 0.326 e. The number of hydrogen-bond donors (Lipinski definition) is 7. The second kappa shape index (κ2) is 17.3. The number of carboxylic acids is 1. The number of rotatable bonds is 17. The fourth-order valence-corrected chi connectivity index (χ4v) is 3.30. The molecule has 6 atom stereocenters. The highest BCUT2D eigenvalue weighted by atomic mass is 16.4. The molecule has 0 rings (SSSR count).